The summed E-state index contributed by atoms with van der Waals surface area (Å²) >= 11 is 0. The van der Waals surface area contributed by atoms with Gasteiger partial charge in [-0.05, 0) is 45.1 Å². The Balaban J connectivity index is 1.98. The van der Waals surface area contributed by atoms with E-state index in [4.69, 9.17) is 4.74 Å². The summed E-state index contributed by atoms with van der Waals surface area (Å²) in [6, 6.07) is 7.03. The van der Waals surface area contributed by atoms with Crippen molar-refractivity contribution in [3.63, 3.8) is 0 Å². The van der Waals surface area contributed by atoms with Crippen molar-refractivity contribution in [1.29, 1.82) is 0 Å². The van der Waals surface area contributed by atoms with E-state index < -0.39 is 0 Å². The monoisotopic (exact) mass is 319 g/mol. The lowest BCUT2D eigenvalue weighted by atomic mass is 10.1. The van der Waals surface area contributed by atoms with E-state index >= 15 is 0 Å². The summed E-state index contributed by atoms with van der Waals surface area (Å²) in [5, 5.41) is 2.83. The molecule has 1 fully saturated rings. The van der Waals surface area contributed by atoms with Crippen LogP contribution in [0.4, 0.5) is 5.69 Å². The fraction of sp³-hybridized carbons (Fsp3) is 0.529. The van der Waals surface area contributed by atoms with E-state index in [2.05, 4.69) is 5.32 Å². The lowest BCUT2D eigenvalue weighted by Gasteiger charge is -2.20. The normalized spacial score (nSPS) is 17.3. The molecule has 23 heavy (non-hydrogen) atoms. The van der Waals surface area contributed by atoms with E-state index in [1.54, 1.807) is 36.2 Å². The Kier molecular flexibility index (Phi) is 6.12. The second-order valence-corrected chi connectivity index (χ2v) is 6.10. The van der Waals surface area contributed by atoms with Gasteiger partial charge in [-0.25, -0.2) is 0 Å². The summed E-state index contributed by atoms with van der Waals surface area (Å²) in [4.78, 5) is 28.2. The van der Waals surface area contributed by atoms with Gasteiger partial charge in [-0.1, -0.05) is 6.07 Å². The molecule has 126 valence electrons. The minimum absolute atomic E-state index is 0.0555. The molecule has 1 aliphatic heterocycles. The molecule has 0 aromatic heterocycles. The molecular weight excluding hydrogens is 294 g/mol. The van der Waals surface area contributed by atoms with Gasteiger partial charge in [0.05, 0.1) is 0 Å². The zero-order valence-electron chi connectivity index (χ0n) is 14.0. The Bertz CT molecular complexity index is 554. The molecule has 1 atom stereocenters. The second-order valence-electron chi connectivity index (χ2n) is 6.10. The van der Waals surface area contributed by atoms with Crippen LogP contribution in [0.15, 0.2) is 24.3 Å². The first-order chi connectivity index (χ1) is 11.0. The summed E-state index contributed by atoms with van der Waals surface area (Å²) < 4.78 is 5.37. The molecule has 6 nitrogen and oxygen atoms in total. The predicted octanol–water partition coefficient (Wildman–Crippen LogP) is 1.44. The number of nitrogens with zero attached hydrogens (tertiary/aromatic N) is 2. The third-order valence-corrected chi connectivity index (χ3v) is 3.83. The Hall–Kier alpha value is -1.92. The highest BCUT2D eigenvalue weighted by atomic mass is 16.5. The number of rotatable bonds is 6. The van der Waals surface area contributed by atoms with Crippen LogP contribution in [-0.4, -0.2) is 68.6 Å². The molecule has 0 saturated carbocycles. The van der Waals surface area contributed by atoms with Gasteiger partial charge in [0.1, 0.15) is 6.10 Å². The van der Waals surface area contributed by atoms with Gasteiger partial charge in [-0.3, -0.25) is 9.59 Å². The standard InChI is InChI=1S/C17H25N3O3/c1-19(2)9-10-20(3)17(22)13-6-4-7-14(12-13)18-16(21)15-8-5-11-23-15/h4,6-7,12,15H,5,8-11H2,1-3H3,(H,18,21)/t15-/m1/s1. The molecule has 1 heterocycles. The van der Waals surface area contributed by atoms with E-state index in [9.17, 15) is 9.59 Å². The van der Waals surface area contributed by atoms with Crippen LogP contribution in [0.2, 0.25) is 0 Å². The average molecular weight is 319 g/mol. The van der Waals surface area contributed by atoms with Gasteiger partial charge in [0.2, 0.25) is 0 Å². The molecule has 1 aromatic carbocycles. The third kappa shape index (κ3) is 5.04. The van der Waals surface area contributed by atoms with Gasteiger partial charge >= 0.3 is 0 Å². The molecule has 1 aromatic rings. The van der Waals surface area contributed by atoms with Crippen molar-refractivity contribution in [2.24, 2.45) is 0 Å². The topological polar surface area (TPSA) is 61.9 Å². The smallest absolute Gasteiger partial charge is 0.253 e. The number of hydrogen-bond donors (Lipinski definition) is 1. The minimum Gasteiger partial charge on any atom is -0.368 e. The van der Waals surface area contributed by atoms with E-state index in [1.165, 1.54) is 0 Å². The largest absolute Gasteiger partial charge is 0.368 e. The number of likely N-dealkylation sites (N-methyl/N-ethyl adjacent to an activating group) is 2. The molecule has 1 aliphatic rings. The Morgan fingerprint density at radius 2 is 2.04 bits per heavy atom. The Morgan fingerprint density at radius 1 is 1.26 bits per heavy atom. The van der Waals surface area contributed by atoms with Crippen molar-refractivity contribution in [3.8, 4) is 0 Å². The molecule has 6 heteroatoms. The molecule has 2 amide bonds. The predicted molar refractivity (Wildman–Crippen MR) is 89.6 cm³/mol. The van der Waals surface area contributed by atoms with Crippen LogP contribution < -0.4 is 5.32 Å². The maximum absolute atomic E-state index is 12.4. The summed E-state index contributed by atoms with van der Waals surface area (Å²) in [6.07, 6.45) is 1.28. The number of carbonyl (C=O) groups excluding carboxylic acids is 2. The number of hydrogen-bond acceptors (Lipinski definition) is 4. The maximum atomic E-state index is 12.4. The van der Waals surface area contributed by atoms with Crippen molar-refractivity contribution in [2.75, 3.05) is 46.2 Å². The van der Waals surface area contributed by atoms with Gasteiger partial charge in [0.15, 0.2) is 0 Å². The fourth-order valence-corrected chi connectivity index (χ4v) is 2.41. The first kappa shape index (κ1) is 17.4. The van der Waals surface area contributed by atoms with Gasteiger partial charge in [0.25, 0.3) is 11.8 Å². The van der Waals surface area contributed by atoms with Crippen LogP contribution >= 0.6 is 0 Å². The van der Waals surface area contributed by atoms with Crippen molar-refractivity contribution < 1.29 is 14.3 Å². The molecule has 1 saturated heterocycles. The molecule has 0 spiro atoms. The number of anilines is 1. The van der Waals surface area contributed by atoms with Crippen LogP contribution in [0.1, 0.15) is 23.2 Å². The Morgan fingerprint density at radius 3 is 2.70 bits per heavy atom. The Labute approximate surface area is 137 Å². The first-order valence-corrected chi connectivity index (χ1v) is 7.90. The van der Waals surface area contributed by atoms with Gasteiger partial charge in [-0.2, -0.15) is 0 Å². The molecule has 0 unspecified atom stereocenters. The molecule has 0 radical (unpaired) electrons. The number of benzene rings is 1. The minimum atomic E-state index is -0.378. The van der Waals surface area contributed by atoms with Crippen molar-refractivity contribution in [1.82, 2.24) is 9.80 Å². The van der Waals surface area contributed by atoms with E-state index in [0.29, 0.717) is 24.4 Å². The van der Waals surface area contributed by atoms with E-state index in [-0.39, 0.29) is 17.9 Å². The number of carbonyl (C=O) groups is 2. The highest BCUT2D eigenvalue weighted by Crippen LogP contribution is 2.17. The lowest BCUT2D eigenvalue weighted by molar-refractivity contribution is -0.124. The van der Waals surface area contributed by atoms with E-state index in [0.717, 1.165) is 19.4 Å². The molecule has 2 rings (SSSR count). The van der Waals surface area contributed by atoms with Gasteiger partial charge in [-0.15, -0.1) is 0 Å². The number of ether oxygens (including phenoxy) is 1. The summed E-state index contributed by atoms with van der Waals surface area (Å²) in [6.45, 7) is 2.09. The molecule has 0 aliphatic carbocycles. The van der Waals surface area contributed by atoms with Crippen LogP contribution in [0, 0.1) is 0 Å². The van der Waals surface area contributed by atoms with Crippen molar-refractivity contribution >= 4 is 17.5 Å². The summed E-state index contributed by atoms with van der Waals surface area (Å²) in [5.41, 5.74) is 1.19. The highest BCUT2D eigenvalue weighted by molar-refractivity contribution is 5.98. The van der Waals surface area contributed by atoms with E-state index in [1.807, 2.05) is 19.0 Å². The first-order valence-electron chi connectivity index (χ1n) is 7.90. The second kappa shape index (κ2) is 8.08. The van der Waals surface area contributed by atoms with Crippen LogP contribution in [0.25, 0.3) is 0 Å². The number of nitrogens with one attached hydrogen (secondary N) is 1. The summed E-state index contributed by atoms with van der Waals surface area (Å²) in [7, 11) is 5.72. The van der Waals surface area contributed by atoms with Crippen molar-refractivity contribution in [3.05, 3.63) is 29.8 Å². The highest BCUT2D eigenvalue weighted by Gasteiger charge is 2.23. The SMILES string of the molecule is CN(C)CCN(C)C(=O)c1cccc(NC(=O)[C@H]2CCCO2)c1. The quantitative estimate of drug-likeness (QED) is 0.862. The number of amides is 2. The zero-order valence-corrected chi connectivity index (χ0v) is 14.0. The molecular formula is C17H25N3O3. The van der Waals surface area contributed by atoms with Crippen LogP contribution in [0.3, 0.4) is 0 Å². The summed E-state index contributed by atoms with van der Waals surface area (Å²) in [5.74, 6) is -0.201. The average Bonchev–Trinajstić information content (AvgIpc) is 3.06. The zero-order chi connectivity index (χ0) is 16.8. The fourth-order valence-electron chi connectivity index (χ4n) is 2.41. The maximum Gasteiger partial charge on any atom is 0.253 e. The van der Waals surface area contributed by atoms with Crippen LogP contribution in [0.5, 0.6) is 0 Å². The molecule has 0 bridgehead atoms. The van der Waals surface area contributed by atoms with Crippen LogP contribution in [-0.2, 0) is 9.53 Å². The van der Waals surface area contributed by atoms with Gasteiger partial charge < -0.3 is 19.9 Å². The third-order valence-electron chi connectivity index (χ3n) is 3.83. The van der Waals surface area contributed by atoms with Gasteiger partial charge in [0, 0.05) is 38.0 Å². The molecule has 1 N–H and O–H groups in total. The van der Waals surface area contributed by atoms with Crippen molar-refractivity contribution in [2.45, 2.75) is 18.9 Å². The lowest BCUT2D eigenvalue weighted by Crippen LogP contribution is -2.33.